The molecular weight excluding hydrogens is 260 g/mol. The van der Waals surface area contributed by atoms with Crippen LogP contribution in [-0.4, -0.2) is 25.3 Å². The van der Waals surface area contributed by atoms with E-state index in [0.29, 0.717) is 0 Å². The number of hydrogen-bond acceptors (Lipinski definition) is 1. The van der Waals surface area contributed by atoms with Crippen LogP contribution in [0.15, 0.2) is 24.3 Å². The summed E-state index contributed by atoms with van der Waals surface area (Å²) in [5.74, 6) is -1.08. The molecule has 0 saturated carbocycles. The van der Waals surface area contributed by atoms with Crippen molar-refractivity contribution in [2.24, 2.45) is 0 Å². The lowest BCUT2D eigenvalue weighted by atomic mass is 10.0. The van der Waals surface area contributed by atoms with Crippen LogP contribution in [-0.2, 0) is 4.74 Å². The van der Waals surface area contributed by atoms with Gasteiger partial charge >= 0.3 is 6.18 Å². The van der Waals surface area contributed by atoms with Crippen molar-refractivity contribution in [2.75, 3.05) is 19.1 Å². The molecule has 1 aromatic rings. The molecule has 1 atom stereocenters. The number of rotatable bonds is 5. The molecule has 0 aliphatic rings. The Bertz CT molecular complexity index is 354. The zero-order chi connectivity index (χ0) is 12.9. The fourth-order valence-electron chi connectivity index (χ4n) is 1.34. The maximum absolute atomic E-state index is 13.4. The van der Waals surface area contributed by atoms with Gasteiger partial charge in [-0.25, -0.2) is 4.39 Å². The molecule has 0 saturated heterocycles. The topological polar surface area (TPSA) is 9.23 Å². The quantitative estimate of drug-likeness (QED) is 0.585. The van der Waals surface area contributed by atoms with Crippen LogP contribution in [0.2, 0.25) is 0 Å². The van der Waals surface area contributed by atoms with Crippen molar-refractivity contribution in [3.8, 4) is 0 Å². The molecule has 0 aromatic heterocycles. The summed E-state index contributed by atoms with van der Waals surface area (Å²) in [6.07, 6.45) is -4.38. The molecule has 1 aromatic carbocycles. The Morgan fingerprint density at radius 1 is 1.24 bits per heavy atom. The molecule has 0 radical (unpaired) electrons. The molecule has 96 valence electrons. The first-order valence-electron chi connectivity index (χ1n) is 4.89. The average molecular weight is 271 g/mol. The number of alkyl halides is 4. The molecule has 0 aliphatic carbocycles. The lowest BCUT2D eigenvalue weighted by Crippen LogP contribution is -2.20. The molecule has 17 heavy (non-hydrogen) atoms. The number of ether oxygens (including phenoxy) is 1. The lowest BCUT2D eigenvalue weighted by molar-refractivity contribution is -0.174. The highest BCUT2D eigenvalue weighted by molar-refractivity contribution is 6.18. The predicted octanol–water partition coefficient (Wildman–Crippen LogP) is 3.73. The summed E-state index contributed by atoms with van der Waals surface area (Å²) in [5.41, 5.74) is 0.268. The Hall–Kier alpha value is -0.810. The van der Waals surface area contributed by atoms with E-state index in [2.05, 4.69) is 4.74 Å². The van der Waals surface area contributed by atoms with Gasteiger partial charge in [0.1, 0.15) is 12.4 Å². The Morgan fingerprint density at radius 2 is 1.88 bits per heavy atom. The van der Waals surface area contributed by atoms with E-state index in [0.717, 1.165) is 0 Å². The van der Waals surface area contributed by atoms with E-state index in [1.54, 1.807) is 6.07 Å². The van der Waals surface area contributed by atoms with Crippen molar-refractivity contribution in [2.45, 2.75) is 12.1 Å². The van der Waals surface area contributed by atoms with Crippen LogP contribution >= 0.6 is 11.6 Å². The highest BCUT2D eigenvalue weighted by Gasteiger charge is 2.28. The summed E-state index contributed by atoms with van der Waals surface area (Å²) in [6, 6.07) is 5.82. The first-order valence-corrected chi connectivity index (χ1v) is 5.42. The van der Waals surface area contributed by atoms with Gasteiger partial charge in [0, 0.05) is 11.8 Å². The average Bonchev–Trinajstić information content (AvgIpc) is 2.24. The van der Waals surface area contributed by atoms with Gasteiger partial charge in [-0.15, -0.1) is 11.6 Å². The van der Waals surface area contributed by atoms with Crippen molar-refractivity contribution in [3.63, 3.8) is 0 Å². The van der Waals surface area contributed by atoms with Crippen LogP contribution in [0.5, 0.6) is 0 Å². The molecule has 6 heteroatoms. The first kappa shape index (κ1) is 14.3. The van der Waals surface area contributed by atoms with Crippen molar-refractivity contribution in [1.82, 2.24) is 0 Å². The van der Waals surface area contributed by atoms with E-state index in [-0.39, 0.29) is 18.1 Å². The second kappa shape index (κ2) is 6.21. The molecule has 0 fully saturated rings. The Morgan fingerprint density at radius 3 is 2.41 bits per heavy atom. The lowest BCUT2D eigenvalue weighted by Gasteiger charge is -2.16. The zero-order valence-corrected chi connectivity index (χ0v) is 9.56. The van der Waals surface area contributed by atoms with Gasteiger partial charge < -0.3 is 4.74 Å². The van der Waals surface area contributed by atoms with Crippen LogP contribution < -0.4 is 0 Å². The smallest absolute Gasteiger partial charge is 0.371 e. The van der Waals surface area contributed by atoms with Crippen molar-refractivity contribution in [3.05, 3.63) is 35.6 Å². The van der Waals surface area contributed by atoms with E-state index in [9.17, 15) is 17.6 Å². The fraction of sp³-hybridized carbons (Fsp3) is 0.455. The van der Waals surface area contributed by atoms with Gasteiger partial charge in [-0.05, 0) is 11.6 Å². The van der Waals surface area contributed by atoms with Crippen LogP contribution in [0, 0.1) is 5.82 Å². The van der Waals surface area contributed by atoms with Crippen LogP contribution in [0.4, 0.5) is 17.6 Å². The molecule has 1 nitrogen and oxygen atoms in total. The molecule has 0 bridgehead atoms. The number of halogens is 5. The molecule has 0 aliphatic heterocycles. The summed E-state index contributed by atoms with van der Waals surface area (Å²) in [4.78, 5) is 0. The standard InChI is InChI=1S/C11H11ClF4O/c12-5-8(6-17-7-11(14,15)16)9-3-1-2-4-10(9)13/h1-4,8H,5-7H2. The molecule has 0 N–H and O–H groups in total. The SMILES string of the molecule is Fc1ccccc1C(CCl)COCC(F)(F)F. The summed E-state index contributed by atoms with van der Waals surface area (Å²) in [5, 5.41) is 0. The summed E-state index contributed by atoms with van der Waals surface area (Å²) in [6.45, 7) is -1.61. The van der Waals surface area contributed by atoms with Gasteiger partial charge in [0.2, 0.25) is 0 Å². The summed E-state index contributed by atoms with van der Waals surface area (Å²) >= 11 is 5.60. The fourth-order valence-corrected chi connectivity index (χ4v) is 1.60. The van der Waals surface area contributed by atoms with Crippen LogP contribution in [0.25, 0.3) is 0 Å². The monoisotopic (exact) mass is 270 g/mol. The van der Waals surface area contributed by atoms with Gasteiger partial charge in [0.15, 0.2) is 0 Å². The van der Waals surface area contributed by atoms with E-state index in [1.807, 2.05) is 0 Å². The zero-order valence-electron chi connectivity index (χ0n) is 8.81. The number of hydrogen-bond donors (Lipinski definition) is 0. The van der Waals surface area contributed by atoms with Crippen molar-refractivity contribution in [1.29, 1.82) is 0 Å². The van der Waals surface area contributed by atoms with Gasteiger partial charge in [-0.3, -0.25) is 0 Å². The van der Waals surface area contributed by atoms with Gasteiger partial charge in [0.05, 0.1) is 6.61 Å². The molecule has 0 amide bonds. The largest absolute Gasteiger partial charge is 0.411 e. The van der Waals surface area contributed by atoms with E-state index in [4.69, 9.17) is 11.6 Å². The first-order chi connectivity index (χ1) is 7.94. The third-order valence-electron chi connectivity index (χ3n) is 2.12. The second-order valence-corrected chi connectivity index (χ2v) is 3.81. The van der Waals surface area contributed by atoms with Crippen molar-refractivity contribution < 1.29 is 22.3 Å². The molecule has 1 unspecified atom stereocenters. The van der Waals surface area contributed by atoms with Crippen LogP contribution in [0.3, 0.4) is 0 Å². The normalized spacial score (nSPS) is 13.7. The molecule has 0 heterocycles. The maximum Gasteiger partial charge on any atom is 0.411 e. The summed E-state index contributed by atoms with van der Waals surface area (Å²) < 4.78 is 53.4. The minimum atomic E-state index is -4.38. The second-order valence-electron chi connectivity index (χ2n) is 3.50. The highest BCUT2D eigenvalue weighted by atomic mass is 35.5. The maximum atomic E-state index is 13.4. The van der Waals surface area contributed by atoms with Crippen molar-refractivity contribution >= 4 is 11.6 Å². The Labute approximate surface area is 101 Å². The highest BCUT2D eigenvalue weighted by Crippen LogP contribution is 2.22. The Balaban J connectivity index is 2.58. The van der Waals surface area contributed by atoms with E-state index < -0.39 is 24.5 Å². The van der Waals surface area contributed by atoms with E-state index in [1.165, 1.54) is 18.2 Å². The summed E-state index contributed by atoms with van der Waals surface area (Å²) in [7, 11) is 0. The molecule has 1 rings (SSSR count). The van der Waals surface area contributed by atoms with Gasteiger partial charge in [0.25, 0.3) is 0 Å². The Kier molecular flexibility index (Phi) is 5.21. The molecule has 0 spiro atoms. The minimum Gasteiger partial charge on any atom is -0.371 e. The predicted molar refractivity (Wildman–Crippen MR) is 56.7 cm³/mol. The van der Waals surface area contributed by atoms with Gasteiger partial charge in [-0.2, -0.15) is 13.2 Å². The number of benzene rings is 1. The van der Waals surface area contributed by atoms with Gasteiger partial charge in [-0.1, -0.05) is 18.2 Å². The van der Waals surface area contributed by atoms with Crippen LogP contribution in [0.1, 0.15) is 11.5 Å². The minimum absolute atomic E-state index is 0.00120. The van der Waals surface area contributed by atoms with E-state index >= 15 is 0 Å². The third kappa shape index (κ3) is 4.91. The molecular formula is C11H11ClF4O. The third-order valence-corrected chi connectivity index (χ3v) is 2.49.